The van der Waals surface area contributed by atoms with Crippen LogP contribution in [0.2, 0.25) is 0 Å². The average Bonchev–Trinajstić information content (AvgIpc) is 2.63. The Morgan fingerprint density at radius 2 is 1.26 bits per heavy atom. The van der Waals surface area contributed by atoms with Crippen molar-refractivity contribution in [1.82, 2.24) is 4.57 Å². The van der Waals surface area contributed by atoms with Crippen LogP contribution in [-0.4, -0.2) is 4.57 Å². The third-order valence-corrected chi connectivity index (χ3v) is 4.01. The van der Waals surface area contributed by atoms with Crippen LogP contribution in [0.25, 0.3) is 27.7 Å². The SMILES string of the molecule is O=c1c(-c2ccccc2)cc2ccccc2n1-c1ccccc1. The van der Waals surface area contributed by atoms with Crippen molar-refractivity contribution in [3.63, 3.8) is 0 Å². The van der Waals surface area contributed by atoms with Gasteiger partial charge in [0.2, 0.25) is 0 Å². The molecule has 110 valence electrons. The quantitative estimate of drug-likeness (QED) is 0.527. The maximum absolute atomic E-state index is 13.1. The van der Waals surface area contributed by atoms with Crippen LogP contribution in [0.4, 0.5) is 0 Å². The summed E-state index contributed by atoms with van der Waals surface area (Å²) >= 11 is 0. The van der Waals surface area contributed by atoms with Gasteiger partial charge in [-0.15, -0.1) is 0 Å². The average molecular weight is 297 g/mol. The van der Waals surface area contributed by atoms with E-state index in [0.29, 0.717) is 5.56 Å². The van der Waals surface area contributed by atoms with Crippen molar-refractivity contribution in [3.05, 3.63) is 101 Å². The molecule has 4 aromatic rings. The molecule has 0 amide bonds. The molecule has 1 heterocycles. The van der Waals surface area contributed by atoms with Crippen LogP contribution < -0.4 is 5.56 Å². The minimum atomic E-state index is 0.00102. The number of benzene rings is 3. The second-order valence-electron chi connectivity index (χ2n) is 5.46. The van der Waals surface area contributed by atoms with Gasteiger partial charge in [-0.05, 0) is 35.2 Å². The molecule has 3 aromatic carbocycles. The molecule has 0 fully saturated rings. The summed E-state index contributed by atoms with van der Waals surface area (Å²) in [6.45, 7) is 0. The van der Waals surface area contributed by atoms with Gasteiger partial charge in [0.05, 0.1) is 5.52 Å². The lowest BCUT2D eigenvalue weighted by atomic mass is 10.0. The Labute approximate surface area is 134 Å². The second kappa shape index (κ2) is 5.58. The zero-order chi connectivity index (χ0) is 15.6. The topological polar surface area (TPSA) is 22.0 Å². The van der Waals surface area contributed by atoms with E-state index in [-0.39, 0.29) is 5.56 Å². The minimum Gasteiger partial charge on any atom is -0.276 e. The Morgan fingerprint density at radius 3 is 2.00 bits per heavy atom. The largest absolute Gasteiger partial charge is 0.276 e. The molecule has 23 heavy (non-hydrogen) atoms. The molecule has 0 radical (unpaired) electrons. The Hall–Kier alpha value is -3.13. The van der Waals surface area contributed by atoms with Crippen molar-refractivity contribution in [2.24, 2.45) is 0 Å². The maximum atomic E-state index is 13.1. The normalized spacial score (nSPS) is 10.8. The van der Waals surface area contributed by atoms with Crippen molar-refractivity contribution in [3.8, 4) is 16.8 Å². The highest BCUT2D eigenvalue weighted by molar-refractivity contribution is 5.85. The van der Waals surface area contributed by atoms with E-state index < -0.39 is 0 Å². The number of hydrogen-bond acceptors (Lipinski definition) is 1. The minimum absolute atomic E-state index is 0.00102. The highest BCUT2D eigenvalue weighted by Gasteiger charge is 2.11. The third kappa shape index (κ3) is 2.34. The van der Waals surface area contributed by atoms with E-state index in [1.54, 1.807) is 4.57 Å². The van der Waals surface area contributed by atoms with E-state index in [1.165, 1.54) is 0 Å². The van der Waals surface area contributed by atoms with Crippen molar-refractivity contribution in [2.75, 3.05) is 0 Å². The highest BCUT2D eigenvalue weighted by Crippen LogP contribution is 2.23. The summed E-state index contributed by atoms with van der Waals surface area (Å²) in [7, 11) is 0. The molecule has 0 aliphatic rings. The van der Waals surface area contributed by atoms with E-state index >= 15 is 0 Å². The van der Waals surface area contributed by atoms with Gasteiger partial charge in [0, 0.05) is 11.3 Å². The summed E-state index contributed by atoms with van der Waals surface area (Å²) in [6, 6.07) is 29.6. The standard InChI is InChI=1S/C21H15NO/c23-21-19(16-9-3-1-4-10-16)15-17-11-7-8-14-20(17)22(21)18-12-5-2-6-13-18/h1-15H. The Morgan fingerprint density at radius 1 is 0.652 bits per heavy atom. The van der Waals surface area contributed by atoms with Gasteiger partial charge in [0.15, 0.2) is 0 Å². The number of pyridine rings is 1. The zero-order valence-electron chi connectivity index (χ0n) is 12.5. The van der Waals surface area contributed by atoms with Gasteiger partial charge in [0.1, 0.15) is 0 Å². The first-order chi connectivity index (χ1) is 11.3. The Kier molecular flexibility index (Phi) is 3.28. The summed E-state index contributed by atoms with van der Waals surface area (Å²) in [6.07, 6.45) is 0. The lowest BCUT2D eigenvalue weighted by Crippen LogP contribution is -2.20. The lowest BCUT2D eigenvalue weighted by molar-refractivity contribution is 1.05. The summed E-state index contributed by atoms with van der Waals surface area (Å²) in [4.78, 5) is 13.1. The molecular weight excluding hydrogens is 282 g/mol. The summed E-state index contributed by atoms with van der Waals surface area (Å²) in [5, 5.41) is 1.05. The fraction of sp³-hybridized carbons (Fsp3) is 0. The van der Waals surface area contributed by atoms with Crippen LogP contribution in [0.3, 0.4) is 0 Å². The molecule has 0 bridgehead atoms. The highest BCUT2D eigenvalue weighted by atomic mass is 16.1. The predicted octanol–water partition coefficient (Wildman–Crippen LogP) is 4.66. The number of rotatable bonds is 2. The molecule has 0 unspecified atom stereocenters. The molecule has 1 aromatic heterocycles. The molecule has 0 saturated carbocycles. The van der Waals surface area contributed by atoms with Gasteiger partial charge in [-0.1, -0.05) is 66.7 Å². The molecule has 0 aliphatic heterocycles. The molecule has 0 aliphatic carbocycles. The van der Waals surface area contributed by atoms with E-state index in [9.17, 15) is 4.79 Å². The lowest BCUT2D eigenvalue weighted by Gasteiger charge is -2.13. The molecule has 0 saturated heterocycles. The molecule has 2 heteroatoms. The van der Waals surface area contributed by atoms with E-state index in [2.05, 4.69) is 0 Å². The number of para-hydroxylation sites is 2. The van der Waals surface area contributed by atoms with Crippen LogP contribution in [0.15, 0.2) is 95.8 Å². The van der Waals surface area contributed by atoms with Crippen molar-refractivity contribution in [1.29, 1.82) is 0 Å². The first-order valence-electron chi connectivity index (χ1n) is 7.60. The van der Waals surface area contributed by atoms with Crippen molar-refractivity contribution >= 4 is 10.9 Å². The number of aromatic nitrogens is 1. The Balaban J connectivity index is 2.12. The van der Waals surface area contributed by atoms with E-state index in [4.69, 9.17) is 0 Å². The van der Waals surface area contributed by atoms with Gasteiger partial charge in [0.25, 0.3) is 5.56 Å². The van der Waals surface area contributed by atoms with Crippen LogP contribution in [0.5, 0.6) is 0 Å². The number of hydrogen-bond donors (Lipinski definition) is 0. The molecule has 0 N–H and O–H groups in total. The van der Waals surface area contributed by atoms with Crippen LogP contribution >= 0.6 is 0 Å². The van der Waals surface area contributed by atoms with Crippen LogP contribution in [0, 0.1) is 0 Å². The van der Waals surface area contributed by atoms with Gasteiger partial charge in [-0.3, -0.25) is 9.36 Å². The molecule has 0 spiro atoms. The third-order valence-electron chi connectivity index (χ3n) is 4.01. The van der Waals surface area contributed by atoms with E-state index in [1.807, 2.05) is 91.0 Å². The molecule has 0 atom stereocenters. The predicted molar refractivity (Wildman–Crippen MR) is 95.0 cm³/mol. The fourth-order valence-electron chi connectivity index (χ4n) is 2.92. The smallest absolute Gasteiger partial charge is 0.263 e. The van der Waals surface area contributed by atoms with Crippen LogP contribution in [-0.2, 0) is 0 Å². The first-order valence-corrected chi connectivity index (χ1v) is 7.60. The van der Waals surface area contributed by atoms with Gasteiger partial charge >= 0.3 is 0 Å². The molecule has 4 rings (SSSR count). The summed E-state index contributed by atoms with van der Waals surface area (Å²) in [5.41, 5.74) is 3.46. The number of fused-ring (bicyclic) bond motifs is 1. The van der Waals surface area contributed by atoms with Crippen molar-refractivity contribution in [2.45, 2.75) is 0 Å². The van der Waals surface area contributed by atoms with Gasteiger partial charge in [-0.25, -0.2) is 0 Å². The van der Waals surface area contributed by atoms with Gasteiger partial charge in [-0.2, -0.15) is 0 Å². The fourth-order valence-corrected chi connectivity index (χ4v) is 2.92. The van der Waals surface area contributed by atoms with Crippen molar-refractivity contribution < 1.29 is 0 Å². The monoisotopic (exact) mass is 297 g/mol. The zero-order valence-corrected chi connectivity index (χ0v) is 12.5. The summed E-state index contributed by atoms with van der Waals surface area (Å²) < 4.78 is 1.79. The first kappa shape index (κ1) is 13.5. The Bertz CT molecular complexity index is 1020. The second-order valence-corrected chi connectivity index (χ2v) is 5.46. The maximum Gasteiger partial charge on any atom is 0.263 e. The van der Waals surface area contributed by atoms with Gasteiger partial charge < -0.3 is 0 Å². The van der Waals surface area contributed by atoms with E-state index in [0.717, 1.165) is 22.2 Å². The van der Waals surface area contributed by atoms with Crippen LogP contribution in [0.1, 0.15) is 0 Å². The molecular formula is C21H15NO. The number of nitrogens with zero attached hydrogens (tertiary/aromatic N) is 1. The molecule has 2 nitrogen and oxygen atoms in total. The summed E-state index contributed by atoms with van der Waals surface area (Å²) in [5.74, 6) is 0.